The Morgan fingerprint density at radius 1 is 1.11 bits per heavy atom. The molecule has 4 aromatic rings. The van der Waals surface area contributed by atoms with Gasteiger partial charge in [0, 0.05) is 27.8 Å². The van der Waals surface area contributed by atoms with Crippen LogP contribution in [-0.4, -0.2) is 44.4 Å². The van der Waals surface area contributed by atoms with E-state index in [1.165, 1.54) is 15.3 Å². The lowest BCUT2D eigenvalue weighted by atomic mass is 9.89. The Kier molecular flexibility index (Phi) is 6.47. The van der Waals surface area contributed by atoms with Crippen LogP contribution >= 0.6 is 11.6 Å². The summed E-state index contributed by atoms with van der Waals surface area (Å²) in [5.41, 5.74) is 1.46. The van der Waals surface area contributed by atoms with Crippen molar-refractivity contribution in [3.63, 3.8) is 0 Å². The van der Waals surface area contributed by atoms with Gasteiger partial charge in [0.05, 0.1) is 37.7 Å². The number of ether oxygens (including phenoxy) is 1. The topological polar surface area (TPSA) is 103 Å². The quantitative estimate of drug-likeness (QED) is 0.332. The zero-order chi connectivity index (χ0) is 26.3. The fourth-order valence-corrected chi connectivity index (χ4v) is 5.00. The van der Waals surface area contributed by atoms with Gasteiger partial charge in [-0.05, 0) is 35.2 Å². The summed E-state index contributed by atoms with van der Waals surface area (Å²) in [5.74, 6) is -1.33. The molecule has 1 saturated heterocycles. The summed E-state index contributed by atoms with van der Waals surface area (Å²) in [7, 11) is 0. The van der Waals surface area contributed by atoms with Gasteiger partial charge in [-0.15, -0.1) is 0 Å². The molecule has 0 radical (unpaired) electrons. The van der Waals surface area contributed by atoms with Gasteiger partial charge in [-0.2, -0.15) is 5.10 Å². The lowest BCUT2D eigenvalue weighted by Crippen LogP contribution is -2.43. The summed E-state index contributed by atoms with van der Waals surface area (Å²) in [6.07, 6.45) is 0.179. The first-order valence-corrected chi connectivity index (χ1v) is 12.4. The van der Waals surface area contributed by atoms with E-state index in [-0.39, 0.29) is 41.1 Å². The summed E-state index contributed by atoms with van der Waals surface area (Å²) in [4.78, 5) is 39.2. The van der Waals surface area contributed by atoms with Crippen molar-refractivity contribution >= 4 is 34.1 Å². The predicted octanol–water partition coefficient (Wildman–Crippen LogP) is 4.89. The zero-order valence-electron chi connectivity index (χ0n) is 20.5. The number of benzene rings is 2. The Morgan fingerprint density at radius 2 is 1.84 bits per heavy atom. The first-order valence-electron chi connectivity index (χ1n) is 12.0. The highest BCUT2D eigenvalue weighted by atomic mass is 35.5. The molecule has 9 heteroatoms. The number of carboxylic acids is 1. The van der Waals surface area contributed by atoms with Crippen LogP contribution in [0, 0.1) is 5.41 Å². The first-order chi connectivity index (χ1) is 17.7. The van der Waals surface area contributed by atoms with Crippen molar-refractivity contribution in [3.8, 4) is 11.1 Å². The van der Waals surface area contributed by atoms with E-state index in [9.17, 15) is 19.5 Å². The third-order valence-corrected chi connectivity index (χ3v) is 6.92. The molecule has 2 aromatic heterocycles. The van der Waals surface area contributed by atoms with Crippen molar-refractivity contribution in [2.45, 2.75) is 33.4 Å². The van der Waals surface area contributed by atoms with E-state index in [4.69, 9.17) is 16.3 Å². The molecule has 8 nitrogen and oxygen atoms in total. The third-order valence-electron chi connectivity index (χ3n) is 6.68. The van der Waals surface area contributed by atoms with Crippen molar-refractivity contribution in [2.75, 3.05) is 13.2 Å². The number of nitrogens with zero attached hydrogens (tertiary/aromatic N) is 3. The number of halogens is 1. The monoisotopic (exact) mass is 519 g/mol. The lowest BCUT2D eigenvalue weighted by molar-refractivity contribution is -0.111. The number of aromatic nitrogens is 3. The molecule has 5 rings (SSSR count). The molecule has 3 heterocycles. The highest BCUT2D eigenvalue weighted by Gasteiger charge is 2.35. The van der Waals surface area contributed by atoms with E-state index in [0.717, 1.165) is 5.56 Å². The van der Waals surface area contributed by atoms with Crippen molar-refractivity contribution in [2.24, 2.45) is 5.41 Å². The number of aromatic carboxylic acids is 1. The maximum atomic E-state index is 13.8. The first kappa shape index (κ1) is 24.9. The fourth-order valence-electron chi connectivity index (χ4n) is 4.83. The summed E-state index contributed by atoms with van der Waals surface area (Å²) in [5, 5.41) is 15.8. The molecule has 2 aromatic carbocycles. The maximum Gasteiger partial charge on any atom is 0.354 e. The molecule has 1 fully saturated rings. The number of hydrogen-bond acceptors (Lipinski definition) is 5. The van der Waals surface area contributed by atoms with Crippen molar-refractivity contribution < 1.29 is 19.4 Å². The minimum Gasteiger partial charge on any atom is -0.477 e. The van der Waals surface area contributed by atoms with E-state index in [1.807, 2.05) is 37.3 Å². The van der Waals surface area contributed by atoms with Gasteiger partial charge in [0.25, 0.3) is 5.56 Å². The van der Waals surface area contributed by atoms with Crippen molar-refractivity contribution in [3.05, 3.63) is 87.1 Å². The van der Waals surface area contributed by atoms with Gasteiger partial charge in [0.2, 0.25) is 0 Å². The number of carboxylic acid groups (broad SMARTS) is 1. The third kappa shape index (κ3) is 4.58. The average molecular weight is 520 g/mol. The van der Waals surface area contributed by atoms with E-state index in [2.05, 4.69) is 5.10 Å². The fraction of sp³-hybridized carbons (Fsp3) is 0.286. The second kappa shape index (κ2) is 9.61. The second-order valence-electron chi connectivity index (χ2n) is 9.73. The van der Waals surface area contributed by atoms with Crippen LogP contribution in [0.3, 0.4) is 0 Å². The van der Waals surface area contributed by atoms with Crippen LogP contribution in [0.15, 0.2) is 59.4 Å². The SMILES string of the molecule is CCC(=O)c1c(-c2ccccc2)c2cc(Cl)ccc2c(=O)n1Cc1cc(C(=O)O)n(CC2(C)COC2)n1. The van der Waals surface area contributed by atoms with E-state index in [0.29, 0.717) is 46.8 Å². The molecule has 0 aliphatic carbocycles. The smallest absolute Gasteiger partial charge is 0.354 e. The molecule has 190 valence electrons. The van der Waals surface area contributed by atoms with Gasteiger partial charge in [-0.1, -0.05) is 55.8 Å². The standard InChI is InChI=1S/C28H26ClN3O5/c1-3-23(33)25-24(17-7-5-4-6-8-17)21-11-18(29)9-10-20(21)26(34)31(25)13-19-12-22(27(35)36)32(30-19)14-28(2)15-37-16-28/h4-12H,3,13-16H2,1-2H3,(H,35,36). The Morgan fingerprint density at radius 3 is 2.46 bits per heavy atom. The van der Waals surface area contributed by atoms with Crippen LogP contribution in [0.4, 0.5) is 0 Å². The normalized spacial score (nSPS) is 14.5. The number of hydrogen-bond donors (Lipinski definition) is 1. The van der Waals surface area contributed by atoms with Crippen LogP contribution in [0.25, 0.3) is 21.9 Å². The number of rotatable bonds is 8. The Labute approximate surface area is 218 Å². The average Bonchev–Trinajstić information content (AvgIpc) is 3.26. The van der Waals surface area contributed by atoms with Gasteiger partial charge in [-0.25, -0.2) is 4.79 Å². The Bertz CT molecular complexity index is 1590. The summed E-state index contributed by atoms with van der Waals surface area (Å²) < 4.78 is 8.17. The largest absolute Gasteiger partial charge is 0.477 e. The molecule has 0 unspecified atom stereocenters. The van der Waals surface area contributed by atoms with E-state index >= 15 is 0 Å². The molecular formula is C28H26ClN3O5. The van der Waals surface area contributed by atoms with Gasteiger partial charge in [0.15, 0.2) is 5.78 Å². The minimum absolute atomic E-state index is 0.0235. The van der Waals surface area contributed by atoms with E-state index in [1.54, 1.807) is 25.1 Å². The molecule has 1 aliphatic rings. The summed E-state index contributed by atoms with van der Waals surface area (Å²) in [6, 6.07) is 15.9. The lowest BCUT2D eigenvalue weighted by Gasteiger charge is -2.38. The van der Waals surface area contributed by atoms with Crippen molar-refractivity contribution in [1.29, 1.82) is 0 Å². The summed E-state index contributed by atoms with van der Waals surface area (Å²) >= 11 is 6.31. The Balaban J connectivity index is 1.73. The molecule has 0 saturated carbocycles. The van der Waals surface area contributed by atoms with Gasteiger partial charge >= 0.3 is 5.97 Å². The predicted molar refractivity (Wildman–Crippen MR) is 140 cm³/mol. The van der Waals surface area contributed by atoms with Crippen LogP contribution in [0.5, 0.6) is 0 Å². The van der Waals surface area contributed by atoms with Crippen molar-refractivity contribution in [1.82, 2.24) is 14.3 Å². The summed E-state index contributed by atoms with van der Waals surface area (Å²) in [6.45, 7) is 5.10. The van der Waals surface area contributed by atoms with Gasteiger partial charge < -0.3 is 9.84 Å². The second-order valence-corrected chi connectivity index (χ2v) is 10.2. The molecule has 1 aliphatic heterocycles. The zero-order valence-corrected chi connectivity index (χ0v) is 21.3. The van der Waals surface area contributed by atoms with Crippen LogP contribution in [0.2, 0.25) is 5.02 Å². The van der Waals surface area contributed by atoms with Gasteiger partial charge in [0.1, 0.15) is 5.69 Å². The molecule has 0 bridgehead atoms. The number of carbonyl (C=O) groups is 2. The number of pyridine rings is 1. The Hall–Kier alpha value is -3.75. The van der Waals surface area contributed by atoms with Crippen LogP contribution < -0.4 is 5.56 Å². The molecule has 0 spiro atoms. The highest BCUT2D eigenvalue weighted by Crippen LogP contribution is 2.34. The number of fused-ring (bicyclic) bond motifs is 1. The molecule has 0 atom stereocenters. The van der Waals surface area contributed by atoms with Crippen LogP contribution in [0.1, 0.15) is 46.9 Å². The molecular weight excluding hydrogens is 494 g/mol. The van der Waals surface area contributed by atoms with E-state index < -0.39 is 5.97 Å². The molecule has 0 amide bonds. The minimum atomic E-state index is -1.11. The number of Topliss-reactive ketones (excluding diaryl/α,β-unsaturated/α-hetero) is 1. The molecule has 1 N–H and O–H groups in total. The van der Waals surface area contributed by atoms with Crippen LogP contribution in [-0.2, 0) is 17.8 Å². The maximum absolute atomic E-state index is 13.8. The highest BCUT2D eigenvalue weighted by molar-refractivity contribution is 6.31. The number of carbonyl (C=O) groups excluding carboxylic acids is 1. The molecule has 37 heavy (non-hydrogen) atoms. The number of ketones is 1. The van der Waals surface area contributed by atoms with Gasteiger partial charge in [-0.3, -0.25) is 18.8 Å².